The number of hydrogen-bond donors (Lipinski definition) is 2. The predicted octanol–water partition coefficient (Wildman–Crippen LogP) is 0.268. The number of nitrogens with one attached hydrogen (secondary N) is 1. The molecule has 0 saturated heterocycles. The Hall–Kier alpha value is -1.39. The Morgan fingerprint density at radius 2 is 2.00 bits per heavy atom. The third-order valence-electron chi connectivity index (χ3n) is 2.37. The van der Waals surface area contributed by atoms with E-state index in [0.29, 0.717) is 13.0 Å². The van der Waals surface area contributed by atoms with Crippen molar-refractivity contribution < 1.29 is 9.90 Å². The average molecular weight is 236 g/mol. The summed E-state index contributed by atoms with van der Waals surface area (Å²) in [4.78, 5) is 13.3. The summed E-state index contributed by atoms with van der Waals surface area (Å²) in [6.07, 6.45) is 0.649. The van der Waals surface area contributed by atoms with Gasteiger partial charge in [-0.3, -0.25) is 4.79 Å². The van der Waals surface area contributed by atoms with Crippen LogP contribution in [0.15, 0.2) is 30.3 Å². The minimum absolute atomic E-state index is 0.0476. The van der Waals surface area contributed by atoms with Crippen LogP contribution in [0.2, 0.25) is 0 Å². The summed E-state index contributed by atoms with van der Waals surface area (Å²) in [5, 5.41) is 12.1. The van der Waals surface area contributed by atoms with E-state index in [-0.39, 0.29) is 18.6 Å². The molecule has 17 heavy (non-hydrogen) atoms. The number of carbonyl (C=O) groups is 1. The lowest BCUT2D eigenvalue weighted by Crippen LogP contribution is -2.43. The second-order valence-corrected chi connectivity index (χ2v) is 4.37. The van der Waals surface area contributed by atoms with Crippen molar-refractivity contribution in [2.75, 3.05) is 27.2 Å². The van der Waals surface area contributed by atoms with Gasteiger partial charge in [0.1, 0.15) is 0 Å². The fourth-order valence-electron chi connectivity index (χ4n) is 1.62. The summed E-state index contributed by atoms with van der Waals surface area (Å²) < 4.78 is 0. The Labute approximate surface area is 102 Å². The topological polar surface area (TPSA) is 52.6 Å². The largest absolute Gasteiger partial charge is 0.394 e. The number of aliphatic hydroxyl groups is 1. The number of aliphatic hydroxyl groups excluding tert-OH is 1. The predicted molar refractivity (Wildman–Crippen MR) is 67.7 cm³/mol. The summed E-state index contributed by atoms with van der Waals surface area (Å²) in [5.41, 5.74) is 1.11. The normalized spacial score (nSPS) is 12.5. The highest BCUT2D eigenvalue weighted by Gasteiger charge is 2.12. The molecular formula is C13H20N2O2. The van der Waals surface area contributed by atoms with Crippen molar-refractivity contribution in [2.24, 2.45) is 0 Å². The van der Waals surface area contributed by atoms with Crippen molar-refractivity contribution in [3.05, 3.63) is 35.9 Å². The first-order valence-electron chi connectivity index (χ1n) is 5.70. The molecule has 1 aromatic carbocycles. The third kappa shape index (κ3) is 5.47. The molecule has 4 heteroatoms. The van der Waals surface area contributed by atoms with Crippen molar-refractivity contribution in [1.29, 1.82) is 0 Å². The van der Waals surface area contributed by atoms with E-state index in [4.69, 9.17) is 0 Å². The van der Waals surface area contributed by atoms with Crippen LogP contribution in [0.4, 0.5) is 0 Å². The van der Waals surface area contributed by atoms with Gasteiger partial charge in [-0.1, -0.05) is 30.3 Å². The molecule has 0 aliphatic carbocycles. The van der Waals surface area contributed by atoms with Crippen molar-refractivity contribution in [2.45, 2.75) is 12.5 Å². The smallest absolute Gasteiger partial charge is 0.234 e. The number of amides is 1. The van der Waals surface area contributed by atoms with Crippen LogP contribution in [0.1, 0.15) is 5.56 Å². The lowest BCUT2D eigenvalue weighted by atomic mass is 10.1. The van der Waals surface area contributed by atoms with E-state index in [0.717, 1.165) is 5.56 Å². The minimum Gasteiger partial charge on any atom is -0.394 e. The Bertz CT molecular complexity index is 339. The highest BCUT2D eigenvalue weighted by molar-refractivity contribution is 5.78. The van der Waals surface area contributed by atoms with Crippen LogP contribution in [-0.2, 0) is 11.2 Å². The van der Waals surface area contributed by atoms with Crippen molar-refractivity contribution in [1.82, 2.24) is 10.2 Å². The van der Waals surface area contributed by atoms with Gasteiger partial charge in [-0.15, -0.1) is 0 Å². The zero-order chi connectivity index (χ0) is 12.7. The lowest BCUT2D eigenvalue weighted by Gasteiger charge is -2.18. The third-order valence-corrected chi connectivity index (χ3v) is 2.37. The molecule has 0 radical (unpaired) electrons. The van der Waals surface area contributed by atoms with Gasteiger partial charge >= 0.3 is 0 Å². The second-order valence-electron chi connectivity index (χ2n) is 4.37. The molecule has 0 saturated carbocycles. The van der Waals surface area contributed by atoms with E-state index in [1.54, 1.807) is 4.90 Å². The monoisotopic (exact) mass is 236 g/mol. The van der Waals surface area contributed by atoms with Gasteiger partial charge in [-0.2, -0.15) is 0 Å². The molecule has 1 rings (SSSR count). The molecule has 0 bridgehead atoms. The molecule has 0 aliphatic rings. The summed E-state index contributed by atoms with van der Waals surface area (Å²) in [6.45, 7) is 0.291. The quantitative estimate of drug-likeness (QED) is 0.745. The Morgan fingerprint density at radius 1 is 1.35 bits per heavy atom. The van der Waals surface area contributed by atoms with Gasteiger partial charge in [0.05, 0.1) is 19.2 Å². The van der Waals surface area contributed by atoms with E-state index >= 15 is 0 Å². The van der Waals surface area contributed by atoms with Gasteiger partial charge < -0.3 is 15.3 Å². The van der Waals surface area contributed by atoms with Gasteiger partial charge in [-0.25, -0.2) is 0 Å². The minimum atomic E-state index is -0.218. The number of benzene rings is 1. The maximum Gasteiger partial charge on any atom is 0.234 e. The second kappa shape index (κ2) is 7.04. The standard InChI is InChI=1S/C13H20N2O2/c1-15(2)9-13(17)14-12(10-16)8-11-6-4-3-5-7-11/h3-7,12,16H,8-10H2,1-2H3,(H,14,17)/t12-/m0/s1. The van der Waals surface area contributed by atoms with Gasteiger partial charge in [0, 0.05) is 0 Å². The Morgan fingerprint density at radius 3 is 2.53 bits per heavy atom. The number of hydrogen-bond acceptors (Lipinski definition) is 3. The Balaban J connectivity index is 2.46. The van der Waals surface area contributed by atoms with Crippen LogP contribution in [0.3, 0.4) is 0 Å². The van der Waals surface area contributed by atoms with Gasteiger partial charge in [0.25, 0.3) is 0 Å². The maximum atomic E-state index is 11.5. The fraction of sp³-hybridized carbons (Fsp3) is 0.462. The van der Waals surface area contributed by atoms with Crippen molar-refractivity contribution in [3.8, 4) is 0 Å². The number of likely N-dealkylation sites (N-methyl/N-ethyl adjacent to an activating group) is 1. The van der Waals surface area contributed by atoms with E-state index in [9.17, 15) is 9.90 Å². The van der Waals surface area contributed by atoms with Crippen LogP contribution in [0, 0.1) is 0 Å². The van der Waals surface area contributed by atoms with Crippen molar-refractivity contribution >= 4 is 5.91 Å². The molecule has 0 aromatic heterocycles. The molecular weight excluding hydrogens is 216 g/mol. The fourth-order valence-corrected chi connectivity index (χ4v) is 1.62. The SMILES string of the molecule is CN(C)CC(=O)N[C@H](CO)Cc1ccccc1. The molecule has 0 spiro atoms. The lowest BCUT2D eigenvalue weighted by molar-refractivity contribution is -0.122. The zero-order valence-electron chi connectivity index (χ0n) is 10.4. The molecule has 0 heterocycles. The van der Waals surface area contributed by atoms with Crippen LogP contribution in [0.25, 0.3) is 0 Å². The van der Waals surface area contributed by atoms with E-state index in [1.165, 1.54) is 0 Å². The van der Waals surface area contributed by atoms with Crippen LogP contribution >= 0.6 is 0 Å². The molecule has 1 aromatic rings. The van der Waals surface area contributed by atoms with Gasteiger partial charge in [0.15, 0.2) is 0 Å². The molecule has 4 nitrogen and oxygen atoms in total. The number of carbonyl (C=O) groups excluding carboxylic acids is 1. The molecule has 2 N–H and O–H groups in total. The first-order valence-corrected chi connectivity index (χ1v) is 5.70. The summed E-state index contributed by atoms with van der Waals surface area (Å²) in [5.74, 6) is -0.0648. The molecule has 94 valence electrons. The zero-order valence-corrected chi connectivity index (χ0v) is 10.4. The summed E-state index contributed by atoms with van der Waals surface area (Å²) in [7, 11) is 3.68. The van der Waals surface area contributed by atoms with Crippen molar-refractivity contribution in [3.63, 3.8) is 0 Å². The Kier molecular flexibility index (Phi) is 5.66. The van der Waals surface area contributed by atoms with Crippen LogP contribution in [-0.4, -0.2) is 49.2 Å². The average Bonchev–Trinajstić information content (AvgIpc) is 2.28. The van der Waals surface area contributed by atoms with E-state index < -0.39 is 0 Å². The number of rotatable bonds is 6. The maximum absolute atomic E-state index is 11.5. The van der Waals surface area contributed by atoms with Crippen LogP contribution < -0.4 is 5.32 Å². The molecule has 1 atom stereocenters. The van der Waals surface area contributed by atoms with E-state index in [2.05, 4.69) is 5.32 Å². The van der Waals surface area contributed by atoms with Gasteiger partial charge in [0.2, 0.25) is 5.91 Å². The summed E-state index contributed by atoms with van der Waals surface area (Å²) >= 11 is 0. The molecule has 0 unspecified atom stereocenters. The summed E-state index contributed by atoms with van der Waals surface area (Å²) in [6, 6.07) is 9.60. The number of nitrogens with zero attached hydrogens (tertiary/aromatic N) is 1. The first-order chi connectivity index (χ1) is 8.11. The molecule has 0 aliphatic heterocycles. The highest BCUT2D eigenvalue weighted by atomic mass is 16.3. The van der Waals surface area contributed by atoms with E-state index in [1.807, 2.05) is 44.4 Å². The molecule has 1 amide bonds. The molecule has 0 fully saturated rings. The van der Waals surface area contributed by atoms with Crippen LogP contribution in [0.5, 0.6) is 0 Å². The first kappa shape index (κ1) is 13.7. The van der Waals surface area contributed by atoms with Gasteiger partial charge in [-0.05, 0) is 26.1 Å². The highest BCUT2D eigenvalue weighted by Crippen LogP contribution is 2.02.